The van der Waals surface area contributed by atoms with Gasteiger partial charge in [0.25, 0.3) is 0 Å². The Morgan fingerprint density at radius 3 is 1.94 bits per heavy atom. The Bertz CT molecular complexity index is 1070. The molecule has 0 amide bonds. The molecule has 4 rings (SSSR count). The van der Waals surface area contributed by atoms with Gasteiger partial charge in [-0.1, -0.05) is 105 Å². The number of aryl methyl sites for hydroxylation is 1. The second kappa shape index (κ2) is 13.4. The molecule has 0 saturated heterocycles. The van der Waals surface area contributed by atoms with E-state index in [2.05, 4.69) is 79.7 Å². The van der Waals surface area contributed by atoms with Gasteiger partial charge in [0, 0.05) is 6.42 Å². The monoisotopic (exact) mass is 482 g/mol. The molecule has 1 aliphatic rings. The highest BCUT2D eigenvalue weighted by molar-refractivity contribution is 5.83. The molecule has 0 radical (unpaired) electrons. The van der Waals surface area contributed by atoms with Crippen LogP contribution in [0.3, 0.4) is 0 Å². The van der Waals surface area contributed by atoms with Crippen molar-refractivity contribution in [1.29, 1.82) is 0 Å². The fourth-order valence-corrected chi connectivity index (χ4v) is 5.85. The van der Waals surface area contributed by atoms with Crippen LogP contribution in [0.4, 0.5) is 0 Å². The Hall–Kier alpha value is -2.87. The number of rotatable bonds is 12. The summed E-state index contributed by atoms with van der Waals surface area (Å²) >= 11 is 0. The van der Waals surface area contributed by atoms with E-state index in [0.717, 1.165) is 31.1 Å². The highest BCUT2D eigenvalue weighted by atomic mass is 16.4. The van der Waals surface area contributed by atoms with Crippen molar-refractivity contribution in [2.24, 2.45) is 5.92 Å². The third-order valence-corrected chi connectivity index (χ3v) is 8.05. The van der Waals surface area contributed by atoms with Crippen molar-refractivity contribution in [1.82, 2.24) is 0 Å². The molecule has 0 aliphatic heterocycles. The first kappa shape index (κ1) is 26.2. The van der Waals surface area contributed by atoms with E-state index in [9.17, 15) is 4.79 Å². The predicted octanol–water partition coefficient (Wildman–Crippen LogP) is 9.67. The molecule has 36 heavy (non-hydrogen) atoms. The number of carboxylic acids is 1. The molecule has 1 saturated carbocycles. The van der Waals surface area contributed by atoms with Crippen LogP contribution in [0.25, 0.3) is 22.3 Å². The van der Waals surface area contributed by atoms with Gasteiger partial charge in [-0.15, -0.1) is 0 Å². The smallest absolute Gasteiger partial charge is 0.303 e. The summed E-state index contributed by atoms with van der Waals surface area (Å²) in [6.45, 7) is 2.30. The zero-order valence-electron chi connectivity index (χ0n) is 21.9. The molecular weight excluding hydrogens is 440 g/mol. The summed E-state index contributed by atoms with van der Waals surface area (Å²) in [7, 11) is 0. The van der Waals surface area contributed by atoms with Gasteiger partial charge in [0.1, 0.15) is 0 Å². The molecule has 0 unspecified atom stereocenters. The predicted molar refractivity (Wildman–Crippen MR) is 151 cm³/mol. The molecule has 1 fully saturated rings. The quantitative estimate of drug-likeness (QED) is 0.261. The Balaban J connectivity index is 1.39. The third kappa shape index (κ3) is 7.32. The highest BCUT2D eigenvalue weighted by Gasteiger charge is 2.22. The average molecular weight is 483 g/mol. The number of aliphatic carboxylic acids is 1. The van der Waals surface area contributed by atoms with Crippen LogP contribution in [-0.2, 0) is 11.2 Å². The van der Waals surface area contributed by atoms with Gasteiger partial charge in [-0.3, -0.25) is 4.79 Å². The first-order valence-electron chi connectivity index (χ1n) is 14.1. The van der Waals surface area contributed by atoms with E-state index in [-0.39, 0.29) is 6.42 Å². The van der Waals surface area contributed by atoms with E-state index in [1.807, 2.05) is 0 Å². The van der Waals surface area contributed by atoms with Crippen molar-refractivity contribution < 1.29 is 9.90 Å². The average Bonchev–Trinajstić information content (AvgIpc) is 2.92. The fraction of sp³-hybridized carbons (Fsp3) is 0.441. The topological polar surface area (TPSA) is 37.3 Å². The maximum Gasteiger partial charge on any atom is 0.303 e. The lowest BCUT2D eigenvalue weighted by molar-refractivity contribution is -0.137. The van der Waals surface area contributed by atoms with E-state index in [0.29, 0.717) is 0 Å². The first-order valence-corrected chi connectivity index (χ1v) is 14.1. The minimum atomic E-state index is -0.708. The maximum atomic E-state index is 10.7. The molecule has 2 nitrogen and oxygen atoms in total. The van der Waals surface area contributed by atoms with Gasteiger partial charge in [-0.2, -0.15) is 0 Å². The number of benzene rings is 3. The van der Waals surface area contributed by atoms with Gasteiger partial charge in [-0.25, -0.2) is 0 Å². The molecule has 1 N–H and O–H groups in total. The summed E-state index contributed by atoms with van der Waals surface area (Å²) in [6, 6.07) is 26.9. The van der Waals surface area contributed by atoms with Crippen molar-refractivity contribution in [2.45, 2.75) is 89.9 Å². The molecule has 0 spiro atoms. The van der Waals surface area contributed by atoms with Gasteiger partial charge < -0.3 is 5.11 Å². The highest BCUT2D eigenvalue weighted by Crippen LogP contribution is 2.39. The molecule has 190 valence electrons. The molecule has 1 aliphatic carbocycles. The van der Waals surface area contributed by atoms with Gasteiger partial charge in [0.2, 0.25) is 0 Å². The molecule has 0 heterocycles. The van der Waals surface area contributed by atoms with Crippen LogP contribution in [0.15, 0.2) is 72.8 Å². The Kier molecular flexibility index (Phi) is 9.78. The summed E-state index contributed by atoms with van der Waals surface area (Å²) in [6.07, 6.45) is 13.9. The van der Waals surface area contributed by atoms with Crippen LogP contribution in [0.1, 0.15) is 94.6 Å². The lowest BCUT2D eigenvalue weighted by Gasteiger charge is -2.29. The SMILES string of the molecule is CCCCCC1CCC(c2ccc(-c3ccccc3-c3ccc(CCCCC(=O)O)cc3)cc2)CC1. The summed E-state index contributed by atoms with van der Waals surface area (Å²) in [5.41, 5.74) is 7.82. The summed E-state index contributed by atoms with van der Waals surface area (Å²) in [5, 5.41) is 8.82. The van der Waals surface area contributed by atoms with Gasteiger partial charge in [0.05, 0.1) is 0 Å². The van der Waals surface area contributed by atoms with Crippen molar-refractivity contribution in [2.75, 3.05) is 0 Å². The van der Waals surface area contributed by atoms with Gasteiger partial charge in [0.15, 0.2) is 0 Å². The Morgan fingerprint density at radius 2 is 1.36 bits per heavy atom. The molecule has 2 heteroatoms. The standard InChI is InChI=1S/C34H42O2/c1-2-3-4-9-26-14-18-28(19-15-26)29-22-24-31(25-23-29)33-12-7-6-11-32(33)30-20-16-27(17-21-30)10-5-8-13-34(35)36/h6-7,11-12,16-17,20-26,28H,2-5,8-10,13-15,18-19H2,1H3,(H,35,36). The third-order valence-electron chi connectivity index (χ3n) is 8.05. The van der Waals surface area contributed by atoms with Crippen molar-refractivity contribution in [3.63, 3.8) is 0 Å². The number of unbranched alkanes of at least 4 members (excludes halogenated alkanes) is 3. The lowest BCUT2D eigenvalue weighted by atomic mass is 9.77. The van der Waals surface area contributed by atoms with Crippen molar-refractivity contribution in [3.05, 3.63) is 83.9 Å². The van der Waals surface area contributed by atoms with Gasteiger partial charge in [-0.05, 0) is 90.2 Å². The number of hydrogen-bond acceptors (Lipinski definition) is 1. The molecule has 3 aromatic carbocycles. The van der Waals surface area contributed by atoms with Crippen LogP contribution in [0.2, 0.25) is 0 Å². The summed E-state index contributed by atoms with van der Waals surface area (Å²) in [4.78, 5) is 10.7. The normalized spacial score (nSPS) is 17.7. The van der Waals surface area contributed by atoms with E-state index < -0.39 is 5.97 Å². The van der Waals surface area contributed by atoms with Crippen LogP contribution >= 0.6 is 0 Å². The summed E-state index contributed by atoms with van der Waals surface area (Å²) < 4.78 is 0. The van der Waals surface area contributed by atoms with Gasteiger partial charge >= 0.3 is 5.97 Å². The zero-order chi connectivity index (χ0) is 25.2. The molecule has 0 atom stereocenters. The zero-order valence-corrected chi connectivity index (χ0v) is 21.9. The van der Waals surface area contributed by atoms with Crippen LogP contribution in [0.5, 0.6) is 0 Å². The molecule has 0 bridgehead atoms. The first-order chi connectivity index (χ1) is 17.6. The molecule has 3 aromatic rings. The van der Waals surface area contributed by atoms with E-state index in [1.165, 1.54) is 84.7 Å². The Morgan fingerprint density at radius 1 is 0.750 bits per heavy atom. The number of hydrogen-bond donors (Lipinski definition) is 1. The lowest BCUT2D eigenvalue weighted by Crippen LogP contribution is -2.13. The van der Waals surface area contributed by atoms with E-state index in [4.69, 9.17) is 5.11 Å². The van der Waals surface area contributed by atoms with E-state index in [1.54, 1.807) is 0 Å². The van der Waals surface area contributed by atoms with Crippen LogP contribution in [0, 0.1) is 5.92 Å². The number of carbonyl (C=O) groups is 1. The van der Waals surface area contributed by atoms with Crippen LogP contribution in [-0.4, -0.2) is 11.1 Å². The molecular formula is C34H42O2. The maximum absolute atomic E-state index is 10.7. The summed E-state index contributed by atoms with van der Waals surface area (Å²) in [5.74, 6) is 0.968. The van der Waals surface area contributed by atoms with Crippen molar-refractivity contribution >= 4 is 5.97 Å². The second-order valence-electron chi connectivity index (χ2n) is 10.7. The Labute approximate surface area is 217 Å². The van der Waals surface area contributed by atoms with Crippen molar-refractivity contribution in [3.8, 4) is 22.3 Å². The minimum Gasteiger partial charge on any atom is -0.481 e. The second-order valence-corrected chi connectivity index (χ2v) is 10.7. The molecule has 0 aromatic heterocycles. The van der Waals surface area contributed by atoms with E-state index >= 15 is 0 Å². The largest absolute Gasteiger partial charge is 0.481 e. The number of carboxylic acid groups (broad SMARTS) is 1. The minimum absolute atomic E-state index is 0.255. The fourth-order valence-electron chi connectivity index (χ4n) is 5.85. The van der Waals surface area contributed by atoms with Crippen LogP contribution < -0.4 is 0 Å².